The molecule has 1 atom stereocenters. The van der Waals surface area contributed by atoms with Gasteiger partial charge in [-0.1, -0.05) is 0 Å². The first-order chi connectivity index (χ1) is 16.8. The number of aromatic nitrogens is 4. The van der Waals surface area contributed by atoms with Crippen LogP contribution in [0.3, 0.4) is 0 Å². The number of nitrogens with zero attached hydrogens (tertiary/aromatic N) is 6. The molecule has 3 aromatic rings. The average Bonchev–Trinajstić information content (AvgIpc) is 3.23. The predicted molar refractivity (Wildman–Crippen MR) is 138 cm³/mol. The van der Waals surface area contributed by atoms with Gasteiger partial charge in [0.15, 0.2) is 22.9 Å². The third kappa shape index (κ3) is 5.69. The van der Waals surface area contributed by atoms with Gasteiger partial charge in [-0.15, -0.1) is 0 Å². The number of hydrogen-bond donors (Lipinski definition) is 6. The maximum Gasteiger partial charge on any atom is 0.335 e. The summed E-state index contributed by atoms with van der Waals surface area (Å²) < 4.78 is 25.6. The van der Waals surface area contributed by atoms with Gasteiger partial charge in [-0.05, 0) is 38.1 Å². The summed E-state index contributed by atoms with van der Waals surface area (Å²) in [6.45, 7) is 6.34. The fraction of sp³-hybridized carbons (Fsp3) is 0.400. The highest BCUT2D eigenvalue weighted by Gasteiger charge is 2.31. The summed E-state index contributed by atoms with van der Waals surface area (Å²) in [6.07, 6.45) is 1.69. The Morgan fingerprint density at radius 1 is 1.11 bits per heavy atom. The molecule has 7 N–H and O–H groups in total. The number of nitrogens with two attached hydrogens (primary N) is 1. The van der Waals surface area contributed by atoms with E-state index in [2.05, 4.69) is 10.3 Å². The van der Waals surface area contributed by atoms with Crippen molar-refractivity contribution in [3.63, 3.8) is 0 Å². The monoisotopic (exact) mass is 537 g/mol. The highest BCUT2D eigenvalue weighted by molar-refractivity contribution is 7.77. The van der Waals surface area contributed by atoms with Crippen LogP contribution in [0.4, 0.5) is 17.5 Å². The molecule has 14 nitrogen and oxygen atoms in total. The first kappa shape index (κ1) is 26.1. The Hall–Kier alpha value is -3.02. The van der Waals surface area contributed by atoms with Crippen molar-refractivity contribution in [1.29, 1.82) is 5.41 Å². The molecule has 1 fully saturated rings. The minimum Gasteiger partial charge on any atom is -0.370 e. The smallest absolute Gasteiger partial charge is 0.335 e. The second-order valence-corrected chi connectivity index (χ2v) is 13.2. The molecule has 16 heteroatoms. The number of imidazole rings is 1. The van der Waals surface area contributed by atoms with E-state index in [1.165, 1.54) is 24.3 Å². The Morgan fingerprint density at radius 2 is 1.75 bits per heavy atom. The molecule has 0 radical (unpaired) electrons. The van der Waals surface area contributed by atoms with E-state index in [0.29, 0.717) is 54.8 Å². The third-order valence-corrected chi connectivity index (χ3v) is 9.89. The van der Waals surface area contributed by atoms with Gasteiger partial charge in [0.05, 0.1) is 6.33 Å². The van der Waals surface area contributed by atoms with E-state index in [0.717, 1.165) is 0 Å². The fourth-order valence-electron chi connectivity index (χ4n) is 3.90. The van der Waals surface area contributed by atoms with Crippen LogP contribution < -0.4 is 21.3 Å². The number of piperazine rings is 1. The van der Waals surface area contributed by atoms with E-state index in [1.54, 1.807) is 11.2 Å². The van der Waals surface area contributed by atoms with Crippen molar-refractivity contribution in [3.8, 4) is 0 Å². The molecule has 0 bridgehead atoms. The normalized spacial score (nSPS) is 16.4. The number of guanidine groups is 1. The minimum atomic E-state index is -4.66. The molecule has 3 heterocycles. The van der Waals surface area contributed by atoms with Gasteiger partial charge in [0.1, 0.15) is 5.90 Å². The Labute approximate surface area is 207 Å². The lowest BCUT2D eigenvalue weighted by atomic mass is 10.3. The highest BCUT2D eigenvalue weighted by Crippen LogP contribution is 2.53. The molecule has 4 rings (SSSR count). The molecule has 194 valence electrons. The fourth-order valence-corrected chi connectivity index (χ4v) is 7.17. The number of fused-ring (bicyclic) bond motifs is 1. The quantitative estimate of drug-likeness (QED) is 0.143. The maximum absolute atomic E-state index is 12.4. The molecule has 0 amide bonds. The second kappa shape index (κ2) is 9.79. The average molecular weight is 537 g/mol. The lowest BCUT2D eigenvalue weighted by Crippen LogP contribution is -2.51. The number of benzene rings is 1. The van der Waals surface area contributed by atoms with Crippen molar-refractivity contribution in [2.75, 3.05) is 42.3 Å². The largest absolute Gasteiger partial charge is 0.370 e. The van der Waals surface area contributed by atoms with Crippen LogP contribution in [0, 0.1) is 5.41 Å². The van der Waals surface area contributed by atoms with Crippen molar-refractivity contribution >= 4 is 54.8 Å². The van der Waals surface area contributed by atoms with Crippen LogP contribution >= 0.6 is 15.0 Å². The van der Waals surface area contributed by atoms with Crippen molar-refractivity contribution < 1.29 is 23.8 Å². The predicted octanol–water partition coefficient (Wildman–Crippen LogP) is 1.20. The van der Waals surface area contributed by atoms with Gasteiger partial charge in [0, 0.05) is 43.2 Å². The topological polar surface area (TPSA) is 207 Å². The van der Waals surface area contributed by atoms with Crippen LogP contribution in [0.1, 0.15) is 19.9 Å². The van der Waals surface area contributed by atoms with E-state index in [1.807, 2.05) is 23.3 Å². The van der Waals surface area contributed by atoms with E-state index in [9.17, 15) is 14.0 Å². The minimum absolute atomic E-state index is 0.0305. The molecular weight excluding hydrogens is 508 g/mol. The van der Waals surface area contributed by atoms with Gasteiger partial charge in [-0.25, -0.2) is 4.98 Å². The molecule has 0 spiro atoms. The number of nitrogens with one attached hydrogen (secondary N) is 2. The van der Waals surface area contributed by atoms with Crippen LogP contribution in [-0.4, -0.2) is 77.1 Å². The molecule has 2 aromatic heterocycles. The molecule has 1 unspecified atom stereocenters. The van der Waals surface area contributed by atoms with Crippen LogP contribution in [0.25, 0.3) is 11.2 Å². The van der Waals surface area contributed by atoms with Gasteiger partial charge in [0.2, 0.25) is 13.3 Å². The van der Waals surface area contributed by atoms with Crippen molar-refractivity contribution in [3.05, 3.63) is 30.6 Å². The van der Waals surface area contributed by atoms with E-state index < -0.39 is 20.9 Å². The van der Waals surface area contributed by atoms with Crippen LogP contribution in [0.5, 0.6) is 0 Å². The summed E-state index contributed by atoms with van der Waals surface area (Å²) in [6, 6.07) is 5.89. The molecule has 1 aliphatic rings. The first-order valence-corrected chi connectivity index (χ1v) is 14.8. The van der Waals surface area contributed by atoms with E-state index in [4.69, 9.17) is 30.9 Å². The number of anilines is 3. The van der Waals surface area contributed by atoms with Crippen LogP contribution in [0.15, 0.2) is 30.6 Å². The summed E-state index contributed by atoms with van der Waals surface area (Å²) >= 11 is 0. The Bertz CT molecular complexity index is 1360. The highest BCUT2D eigenvalue weighted by atomic mass is 31.2. The maximum atomic E-state index is 12.4. The molecule has 0 aliphatic carbocycles. The first-order valence-electron chi connectivity index (χ1n) is 11.2. The van der Waals surface area contributed by atoms with Gasteiger partial charge < -0.3 is 40.1 Å². The number of hydrogen-bond acceptors (Lipinski definition) is 8. The molecule has 1 saturated heterocycles. The Morgan fingerprint density at radius 3 is 2.31 bits per heavy atom. The third-order valence-electron chi connectivity index (χ3n) is 5.78. The standard InChI is InChI=1S/C20H29N9O5P2/c1-13(2)29-11-23-16-17(24-14-3-5-15(6-4-14)35(30,31)12-36(32,33)34)25-20(26-18(16)29)28-9-7-27(8-10-28)19(21)22/h3-6,11,13H,7-10,12H2,1-2H3,(H3,21,22)(H,30,31)(H,24,25,26)(H2,32,33,34). The zero-order valence-corrected chi connectivity index (χ0v) is 21.6. The summed E-state index contributed by atoms with van der Waals surface area (Å²) in [5, 5.41) is 10.8. The second-order valence-electron chi connectivity index (χ2n) is 8.83. The lowest BCUT2D eigenvalue weighted by Gasteiger charge is -2.35. The van der Waals surface area contributed by atoms with E-state index in [-0.39, 0.29) is 17.3 Å². The zero-order valence-electron chi connectivity index (χ0n) is 19.8. The molecular formula is C20H29N9O5P2. The van der Waals surface area contributed by atoms with Crippen molar-refractivity contribution in [2.24, 2.45) is 5.73 Å². The lowest BCUT2D eigenvalue weighted by molar-refractivity contribution is 0.376. The molecule has 0 saturated carbocycles. The van der Waals surface area contributed by atoms with Crippen LogP contribution in [0.2, 0.25) is 0 Å². The van der Waals surface area contributed by atoms with Crippen molar-refractivity contribution in [1.82, 2.24) is 24.4 Å². The number of rotatable bonds is 7. The van der Waals surface area contributed by atoms with Gasteiger partial charge in [-0.3, -0.25) is 14.5 Å². The summed E-state index contributed by atoms with van der Waals surface area (Å²) in [7, 11) is -8.89. The summed E-state index contributed by atoms with van der Waals surface area (Å²) in [5.41, 5.74) is 7.34. The van der Waals surface area contributed by atoms with Crippen LogP contribution in [-0.2, 0) is 9.13 Å². The Kier molecular flexibility index (Phi) is 7.09. The summed E-state index contributed by atoms with van der Waals surface area (Å²) in [4.78, 5) is 46.0. The summed E-state index contributed by atoms with van der Waals surface area (Å²) in [5.74, 6) is -0.151. The van der Waals surface area contributed by atoms with Gasteiger partial charge in [0.25, 0.3) is 0 Å². The SMILES string of the molecule is CC(C)n1cnc2c(Nc3ccc(P(=O)(O)CP(=O)(O)O)cc3)nc(N3CCN(C(=N)N)CC3)nc21. The molecule has 1 aliphatic heterocycles. The zero-order chi connectivity index (χ0) is 26.3. The van der Waals surface area contributed by atoms with Gasteiger partial charge >= 0.3 is 7.60 Å². The van der Waals surface area contributed by atoms with E-state index >= 15 is 0 Å². The van der Waals surface area contributed by atoms with Crippen molar-refractivity contribution in [2.45, 2.75) is 19.9 Å². The molecule has 1 aromatic carbocycles. The van der Waals surface area contributed by atoms with Gasteiger partial charge in [-0.2, -0.15) is 9.97 Å². The molecule has 36 heavy (non-hydrogen) atoms. The Balaban J connectivity index is 1.65.